The smallest absolute Gasteiger partial charge is 0.254 e. The van der Waals surface area contributed by atoms with Gasteiger partial charge in [0, 0.05) is 44.4 Å². The van der Waals surface area contributed by atoms with Gasteiger partial charge in [0.2, 0.25) is 5.95 Å². The lowest BCUT2D eigenvalue weighted by molar-refractivity contribution is 0.0951. The number of rotatable bonds is 7. The molecule has 0 aliphatic carbocycles. The molecule has 0 saturated heterocycles. The fourth-order valence-corrected chi connectivity index (χ4v) is 2.06. The topological polar surface area (TPSA) is 70.2 Å². The van der Waals surface area contributed by atoms with E-state index < -0.39 is 0 Å². The van der Waals surface area contributed by atoms with E-state index in [9.17, 15) is 4.79 Å². The second kappa shape index (κ2) is 8.29. The normalized spacial score (nSPS) is 10.5. The van der Waals surface area contributed by atoms with Crippen LogP contribution in [0.25, 0.3) is 0 Å². The summed E-state index contributed by atoms with van der Waals surface area (Å²) < 4.78 is 0. The van der Waals surface area contributed by atoms with Crippen molar-refractivity contribution in [1.82, 2.24) is 15.3 Å². The number of carbonyl (C=O) groups is 1. The quantitative estimate of drug-likeness (QED) is 0.818. The SMILES string of the molecule is CC(C)CCNC(=O)c1cnc(Nc2ccc(N(C)C)cc2)nc1. The first-order valence-corrected chi connectivity index (χ1v) is 8.10. The summed E-state index contributed by atoms with van der Waals surface area (Å²) in [5.41, 5.74) is 2.48. The van der Waals surface area contributed by atoms with Gasteiger partial charge in [-0.15, -0.1) is 0 Å². The summed E-state index contributed by atoms with van der Waals surface area (Å²) in [7, 11) is 3.99. The van der Waals surface area contributed by atoms with Gasteiger partial charge in [0.15, 0.2) is 0 Å². The number of aromatic nitrogens is 2. The molecular weight excluding hydrogens is 302 g/mol. The van der Waals surface area contributed by atoms with Gasteiger partial charge in [-0.05, 0) is 36.6 Å². The first kappa shape index (κ1) is 17.7. The van der Waals surface area contributed by atoms with Crippen molar-refractivity contribution in [2.45, 2.75) is 20.3 Å². The first-order valence-electron chi connectivity index (χ1n) is 8.10. The highest BCUT2D eigenvalue weighted by Crippen LogP contribution is 2.18. The van der Waals surface area contributed by atoms with E-state index in [1.165, 1.54) is 12.4 Å². The minimum atomic E-state index is -0.141. The molecule has 0 spiro atoms. The van der Waals surface area contributed by atoms with Crippen LogP contribution in [0, 0.1) is 5.92 Å². The monoisotopic (exact) mass is 327 g/mol. The molecule has 0 radical (unpaired) electrons. The molecule has 0 unspecified atom stereocenters. The molecule has 128 valence electrons. The van der Waals surface area contributed by atoms with E-state index in [-0.39, 0.29) is 5.91 Å². The molecule has 1 heterocycles. The van der Waals surface area contributed by atoms with Crippen LogP contribution in [0.4, 0.5) is 17.3 Å². The maximum atomic E-state index is 12.0. The van der Waals surface area contributed by atoms with E-state index >= 15 is 0 Å². The molecule has 1 aromatic heterocycles. The Morgan fingerprint density at radius 3 is 2.29 bits per heavy atom. The van der Waals surface area contributed by atoms with Crippen molar-refractivity contribution in [3.05, 3.63) is 42.2 Å². The first-order chi connectivity index (χ1) is 11.5. The van der Waals surface area contributed by atoms with Crippen LogP contribution < -0.4 is 15.5 Å². The molecule has 1 aromatic carbocycles. The van der Waals surface area contributed by atoms with E-state index in [1.54, 1.807) is 0 Å². The summed E-state index contributed by atoms with van der Waals surface area (Å²) >= 11 is 0. The number of anilines is 3. The maximum Gasteiger partial charge on any atom is 0.254 e. The van der Waals surface area contributed by atoms with Gasteiger partial charge in [0.1, 0.15) is 0 Å². The van der Waals surface area contributed by atoms with E-state index in [0.717, 1.165) is 17.8 Å². The highest BCUT2D eigenvalue weighted by atomic mass is 16.1. The zero-order valence-corrected chi connectivity index (χ0v) is 14.7. The number of nitrogens with one attached hydrogen (secondary N) is 2. The predicted octanol–water partition coefficient (Wildman–Crippen LogP) is 3.06. The molecule has 24 heavy (non-hydrogen) atoms. The van der Waals surface area contributed by atoms with E-state index in [4.69, 9.17) is 0 Å². The van der Waals surface area contributed by atoms with Gasteiger partial charge >= 0.3 is 0 Å². The summed E-state index contributed by atoms with van der Waals surface area (Å²) in [6.45, 7) is 4.91. The largest absolute Gasteiger partial charge is 0.378 e. The average Bonchev–Trinajstić information content (AvgIpc) is 2.55. The molecule has 0 aliphatic heterocycles. The molecule has 0 bridgehead atoms. The third-order valence-corrected chi connectivity index (χ3v) is 3.56. The van der Waals surface area contributed by atoms with E-state index in [0.29, 0.717) is 24.0 Å². The van der Waals surface area contributed by atoms with Crippen molar-refractivity contribution < 1.29 is 4.79 Å². The molecule has 2 rings (SSSR count). The molecule has 6 nitrogen and oxygen atoms in total. The Morgan fingerprint density at radius 2 is 1.75 bits per heavy atom. The van der Waals surface area contributed by atoms with Crippen LogP contribution in [-0.4, -0.2) is 36.5 Å². The van der Waals surface area contributed by atoms with Gasteiger partial charge in [-0.2, -0.15) is 0 Å². The number of nitrogens with zero attached hydrogens (tertiary/aromatic N) is 3. The number of amides is 1. The lowest BCUT2D eigenvalue weighted by atomic mass is 10.1. The van der Waals surface area contributed by atoms with Crippen LogP contribution in [0.2, 0.25) is 0 Å². The molecule has 1 amide bonds. The van der Waals surface area contributed by atoms with Crippen molar-refractivity contribution >= 4 is 23.2 Å². The van der Waals surface area contributed by atoms with Crippen molar-refractivity contribution in [3.8, 4) is 0 Å². The summed E-state index contributed by atoms with van der Waals surface area (Å²) in [5, 5.41) is 5.99. The summed E-state index contributed by atoms with van der Waals surface area (Å²) in [4.78, 5) is 22.4. The molecule has 6 heteroatoms. The Morgan fingerprint density at radius 1 is 1.12 bits per heavy atom. The third-order valence-electron chi connectivity index (χ3n) is 3.56. The Balaban J connectivity index is 1.92. The van der Waals surface area contributed by atoms with Crippen LogP contribution >= 0.6 is 0 Å². The van der Waals surface area contributed by atoms with Crippen LogP contribution in [0.15, 0.2) is 36.7 Å². The fraction of sp³-hybridized carbons (Fsp3) is 0.389. The van der Waals surface area contributed by atoms with Gasteiger partial charge in [0.05, 0.1) is 5.56 Å². The summed E-state index contributed by atoms with van der Waals surface area (Å²) in [5.74, 6) is 0.885. The standard InChI is InChI=1S/C18H25N5O/c1-13(2)9-10-19-17(24)14-11-20-18(21-12-14)22-15-5-7-16(8-6-15)23(3)4/h5-8,11-13H,9-10H2,1-4H3,(H,19,24)(H,20,21,22). The second-order valence-corrected chi connectivity index (χ2v) is 6.30. The fourth-order valence-electron chi connectivity index (χ4n) is 2.06. The molecule has 0 aliphatic rings. The number of carbonyl (C=O) groups excluding carboxylic acids is 1. The highest BCUT2D eigenvalue weighted by Gasteiger charge is 2.07. The minimum absolute atomic E-state index is 0.141. The maximum absolute atomic E-state index is 12.0. The van der Waals surface area contributed by atoms with Crippen LogP contribution in [0.3, 0.4) is 0 Å². The lowest BCUT2D eigenvalue weighted by Crippen LogP contribution is -2.25. The molecule has 0 saturated carbocycles. The molecule has 0 fully saturated rings. The Kier molecular flexibility index (Phi) is 6.12. The van der Waals surface area contributed by atoms with Crippen molar-refractivity contribution in [2.75, 3.05) is 30.9 Å². The molecular formula is C18H25N5O. The second-order valence-electron chi connectivity index (χ2n) is 6.30. The number of hydrogen-bond acceptors (Lipinski definition) is 5. The Labute approximate surface area is 143 Å². The minimum Gasteiger partial charge on any atom is -0.378 e. The number of hydrogen-bond donors (Lipinski definition) is 2. The zero-order valence-electron chi connectivity index (χ0n) is 14.7. The summed E-state index contributed by atoms with van der Waals surface area (Å²) in [6, 6.07) is 7.95. The third kappa shape index (κ3) is 5.22. The van der Waals surface area contributed by atoms with Crippen molar-refractivity contribution in [3.63, 3.8) is 0 Å². The molecule has 2 N–H and O–H groups in total. The van der Waals surface area contributed by atoms with E-state index in [1.807, 2.05) is 43.3 Å². The zero-order chi connectivity index (χ0) is 17.5. The average molecular weight is 327 g/mol. The van der Waals surface area contributed by atoms with Crippen molar-refractivity contribution in [1.29, 1.82) is 0 Å². The van der Waals surface area contributed by atoms with Gasteiger partial charge in [0.25, 0.3) is 5.91 Å². The van der Waals surface area contributed by atoms with Gasteiger partial charge in [-0.1, -0.05) is 13.8 Å². The lowest BCUT2D eigenvalue weighted by Gasteiger charge is -2.13. The molecule has 2 aromatic rings. The Bertz CT molecular complexity index is 650. The van der Waals surface area contributed by atoms with Crippen molar-refractivity contribution in [2.24, 2.45) is 5.92 Å². The summed E-state index contributed by atoms with van der Waals surface area (Å²) in [6.07, 6.45) is 4.03. The van der Waals surface area contributed by atoms with Gasteiger partial charge < -0.3 is 15.5 Å². The Hall–Kier alpha value is -2.63. The van der Waals surface area contributed by atoms with Crippen LogP contribution in [-0.2, 0) is 0 Å². The number of benzene rings is 1. The predicted molar refractivity (Wildman–Crippen MR) is 97.9 cm³/mol. The van der Waals surface area contributed by atoms with Crippen LogP contribution in [0.1, 0.15) is 30.6 Å². The van der Waals surface area contributed by atoms with Gasteiger partial charge in [-0.3, -0.25) is 4.79 Å². The molecule has 0 atom stereocenters. The highest BCUT2D eigenvalue weighted by molar-refractivity contribution is 5.93. The van der Waals surface area contributed by atoms with E-state index in [2.05, 4.69) is 34.4 Å². The van der Waals surface area contributed by atoms with Crippen LogP contribution in [0.5, 0.6) is 0 Å². The van der Waals surface area contributed by atoms with Gasteiger partial charge in [-0.25, -0.2) is 9.97 Å².